The summed E-state index contributed by atoms with van der Waals surface area (Å²) in [4.78, 5) is 27.6. The Morgan fingerprint density at radius 1 is 1.11 bits per heavy atom. The van der Waals surface area contributed by atoms with E-state index >= 15 is 0 Å². The SMILES string of the molecule is C1CN1.O=C(NC1CCCCC1)C(c1ccccc1Cl)N(C(=O)CN=S(=O)=O)c1cccc(F)c1. The van der Waals surface area contributed by atoms with E-state index in [-0.39, 0.29) is 16.8 Å². The number of nitrogens with one attached hydrogen (secondary N) is 2. The second-order valence-corrected chi connectivity index (χ2v) is 9.37. The Morgan fingerprint density at radius 3 is 2.40 bits per heavy atom. The van der Waals surface area contributed by atoms with Crippen molar-refractivity contribution in [3.8, 4) is 0 Å². The highest BCUT2D eigenvalue weighted by molar-refractivity contribution is 7.61. The van der Waals surface area contributed by atoms with Crippen molar-refractivity contribution in [3.05, 3.63) is 64.9 Å². The van der Waals surface area contributed by atoms with Crippen LogP contribution in [0.4, 0.5) is 10.1 Å². The Kier molecular flexibility index (Phi) is 10.2. The molecule has 1 saturated heterocycles. The summed E-state index contributed by atoms with van der Waals surface area (Å²) in [6.07, 6.45) is 4.71. The zero-order valence-electron chi connectivity index (χ0n) is 19.1. The molecule has 188 valence electrons. The first-order chi connectivity index (χ1) is 16.9. The number of benzene rings is 2. The Morgan fingerprint density at radius 2 is 1.80 bits per heavy atom. The quantitative estimate of drug-likeness (QED) is 0.538. The van der Waals surface area contributed by atoms with Gasteiger partial charge in [0, 0.05) is 35.4 Å². The maximum Gasteiger partial charge on any atom is 0.311 e. The van der Waals surface area contributed by atoms with Gasteiger partial charge < -0.3 is 10.6 Å². The van der Waals surface area contributed by atoms with Crippen LogP contribution in [0.15, 0.2) is 52.9 Å². The van der Waals surface area contributed by atoms with E-state index < -0.39 is 40.7 Å². The standard InChI is InChI=1S/C22H23ClFN3O4S.C2H5N/c23-19-12-5-4-11-18(19)21(22(29)26-16-8-2-1-3-9-16)27(20(28)14-25-32(30)31)17-10-6-7-15(24)13-17;1-2-3-1/h4-7,10-13,16,21H,1-3,8-9,14H2,(H,26,29);3H,1-2H2. The summed E-state index contributed by atoms with van der Waals surface area (Å²) in [7, 11) is -2.82. The zero-order chi connectivity index (χ0) is 25.2. The maximum atomic E-state index is 14.0. The van der Waals surface area contributed by atoms with Crippen LogP contribution in [0, 0.1) is 5.82 Å². The summed E-state index contributed by atoms with van der Waals surface area (Å²) in [5.41, 5.74) is 0.425. The molecule has 4 rings (SSSR count). The van der Waals surface area contributed by atoms with Crippen molar-refractivity contribution in [2.75, 3.05) is 24.5 Å². The lowest BCUT2D eigenvalue weighted by atomic mass is 9.94. The minimum Gasteiger partial charge on any atom is -0.351 e. The number of hydrogen-bond donors (Lipinski definition) is 2. The van der Waals surface area contributed by atoms with Crippen LogP contribution in [0.25, 0.3) is 0 Å². The molecule has 2 fully saturated rings. The second-order valence-electron chi connectivity index (χ2n) is 8.27. The lowest BCUT2D eigenvalue weighted by Crippen LogP contribution is -2.48. The maximum absolute atomic E-state index is 14.0. The Hall–Kier alpha value is -2.82. The average Bonchev–Trinajstić information content (AvgIpc) is 3.72. The van der Waals surface area contributed by atoms with Gasteiger partial charge in [-0.15, -0.1) is 0 Å². The molecule has 1 atom stereocenters. The van der Waals surface area contributed by atoms with Gasteiger partial charge >= 0.3 is 10.5 Å². The van der Waals surface area contributed by atoms with Crippen molar-refractivity contribution in [2.45, 2.75) is 44.2 Å². The molecule has 2 aromatic rings. The predicted octanol–water partition coefficient (Wildman–Crippen LogP) is 3.65. The van der Waals surface area contributed by atoms with Gasteiger partial charge in [-0.2, -0.15) is 12.8 Å². The first-order valence-electron chi connectivity index (χ1n) is 11.5. The smallest absolute Gasteiger partial charge is 0.311 e. The van der Waals surface area contributed by atoms with Crippen LogP contribution in [0.3, 0.4) is 0 Å². The molecule has 8 nitrogen and oxygen atoms in total. The molecule has 2 aliphatic rings. The molecule has 1 heterocycles. The third-order valence-corrected chi connectivity index (χ3v) is 6.25. The molecule has 0 aromatic heterocycles. The number of hydrogen-bond acceptors (Lipinski definition) is 6. The van der Waals surface area contributed by atoms with Crippen LogP contribution >= 0.6 is 11.6 Å². The van der Waals surface area contributed by atoms with Crippen molar-refractivity contribution in [3.63, 3.8) is 0 Å². The topological polar surface area (TPSA) is 118 Å². The molecule has 2 amide bonds. The van der Waals surface area contributed by atoms with Gasteiger partial charge in [-0.1, -0.05) is 55.1 Å². The summed E-state index contributed by atoms with van der Waals surface area (Å²) in [5.74, 6) is -1.88. The van der Waals surface area contributed by atoms with E-state index in [1.807, 2.05) is 0 Å². The van der Waals surface area contributed by atoms with Gasteiger partial charge in [0.25, 0.3) is 5.91 Å². The van der Waals surface area contributed by atoms with Crippen LogP contribution in [0.5, 0.6) is 0 Å². The van der Waals surface area contributed by atoms with Crippen molar-refractivity contribution in [2.24, 2.45) is 4.36 Å². The van der Waals surface area contributed by atoms with Gasteiger partial charge in [0.15, 0.2) is 0 Å². The van der Waals surface area contributed by atoms with E-state index in [0.717, 1.165) is 43.1 Å². The number of halogens is 2. The summed E-state index contributed by atoms with van der Waals surface area (Å²) >= 11 is 6.39. The van der Waals surface area contributed by atoms with Crippen molar-refractivity contribution >= 4 is 39.6 Å². The molecule has 35 heavy (non-hydrogen) atoms. The van der Waals surface area contributed by atoms with E-state index in [0.29, 0.717) is 5.56 Å². The second kappa shape index (κ2) is 13.3. The Balaban J connectivity index is 0.00000106. The molecule has 0 radical (unpaired) electrons. The minimum atomic E-state index is -2.82. The fourth-order valence-electron chi connectivity index (χ4n) is 3.87. The summed E-state index contributed by atoms with van der Waals surface area (Å²) in [5, 5.41) is 6.24. The van der Waals surface area contributed by atoms with Crippen LogP contribution < -0.4 is 15.5 Å². The first-order valence-corrected chi connectivity index (χ1v) is 12.9. The van der Waals surface area contributed by atoms with Gasteiger partial charge in [-0.25, -0.2) is 4.39 Å². The molecule has 11 heteroatoms. The highest BCUT2D eigenvalue weighted by Gasteiger charge is 2.35. The summed E-state index contributed by atoms with van der Waals surface area (Å²) < 4.78 is 39.1. The normalized spacial score (nSPS) is 15.7. The number of rotatable bonds is 7. The Bertz CT molecular complexity index is 1160. The number of amides is 2. The molecule has 0 spiro atoms. The molecular weight excluding hydrogens is 495 g/mol. The van der Waals surface area contributed by atoms with Crippen LogP contribution in [-0.4, -0.2) is 45.9 Å². The van der Waals surface area contributed by atoms with Gasteiger partial charge in [-0.3, -0.25) is 14.5 Å². The fourth-order valence-corrected chi connectivity index (χ4v) is 4.32. The summed E-state index contributed by atoms with van der Waals surface area (Å²) in [6.45, 7) is 1.77. The molecular formula is C24H28ClFN4O4S. The lowest BCUT2D eigenvalue weighted by molar-refractivity contribution is -0.126. The molecule has 1 unspecified atom stereocenters. The van der Waals surface area contributed by atoms with Crippen molar-refractivity contribution in [1.82, 2.24) is 10.6 Å². The molecule has 2 N–H and O–H groups in total. The van der Waals surface area contributed by atoms with Crippen molar-refractivity contribution in [1.29, 1.82) is 0 Å². The monoisotopic (exact) mass is 522 g/mol. The number of carbonyl (C=O) groups is 2. The predicted molar refractivity (Wildman–Crippen MR) is 132 cm³/mol. The Labute approximate surface area is 210 Å². The van der Waals surface area contributed by atoms with Gasteiger partial charge in [-0.05, 0) is 37.1 Å². The zero-order valence-corrected chi connectivity index (χ0v) is 20.7. The lowest BCUT2D eigenvalue weighted by Gasteiger charge is -2.33. The van der Waals surface area contributed by atoms with Crippen LogP contribution in [0.1, 0.15) is 43.7 Å². The highest BCUT2D eigenvalue weighted by Crippen LogP contribution is 2.33. The van der Waals surface area contributed by atoms with Crippen LogP contribution in [-0.2, 0) is 20.1 Å². The minimum absolute atomic E-state index is 0.0514. The van der Waals surface area contributed by atoms with Gasteiger partial charge in [0.2, 0.25) is 5.91 Å². The first kappa shape index (κ1) is 26.8. The van der Waals surface area contributed by atoms with Gasteiger partial charge in [0.1, 0.15) is 18.4 Å². The van der Waals surface area contributed by atoms with E-state index in [9.17, 15) is 22.4 Å². The van der Waals surface area contributed by atoms with Crippen molar-refractivity contribution < 1.29 is 22.4 Å². The number of anilines is 1. The average molecular weight is 523 g/mol. The van der Waals surface area contributed by atoms with E-state index in [4.69, 9.17) is 11.6 Å². The van der Waals surface area contributed by atoms with Crippen LogP contribution in [0.2, 0.25) is 5.02 Å². The molecule has 1 saturated carbocycles. The highest BCUT2D eigenvalue weighted by atomic mass is 35.5. The molecule has 0 bridgehead atoms. The van der Waals surface area contributed by atoms with Gasteiger partial charge in [0.05, 0.1) is 0 Å². The molecule has 1 aliphatic carbocycles. The number of carbonyl (C=O) groups excluding carboxylic acids is 2. The third-order valence-electron chi connectivity index (χ3n) is 5.57. The third kappa shape index (κ3) is 8.41. The molecule has 2 aromatic carbocycles. The number of nitrogens with zero attached hydrogens (tertiary/aromatic N) is 2. The van der Waals surface area contributed by atoms with E-state index in [2.05, 4.69) is 15.0 Å². The van der Waals surface area contributed by atoms with E-state index in [1.165, 1.54) is 31.3 Å². The van der Waals surface area contributed by atoms with E-state index in [1.54, 1.807) is 24.3 Å². The largest absolute Gasteiger partial charge is 0.351 e. The fraction of sp³-hybridized carbons (Fsp3) is 0.417. The molecule has 1 aliphatic heterocycles. The summed E-state index contributed by atoms with van der Waals surface area (Å²) in [6, 6.07) is 10.4.